The van der Waals surface area contributed by atoms with Gasteiger partial charge in [0.25, 0.3) is 0 Å². The molecule has 0 saturated carbocycles. The first kappa shape index (κ1) is 22.6. The summed E-state index contributed by atoms with van der Waals surface area (Å²) in [5.74, 6) is 1.42. The smallest absolute Gasteiger partial charge is 0.219 e. The summed E-state index contributed by atoms with van der Waals surface area (Å²) in [6.07, 6.45) is 1.74. The first-order valence-corrected chi connectivity index (χ1v) is 9.01. The largest absolute Gasteiger partial charge is 0.439 e. The average Bonchev–Trinajstić information content (AvgIpc) is 2.72. The Morgan fingerprint density at radius 1 is 1.00 bits per heavy atom. The Morgan fingerprint density at radius 2 is 1.72 bits per heavy atom. The summed E-state index contributed by atoms with van der Waals surface area (Å²) in [6, 6.07) is 17.8. The van der Waals surface area contributed by atoms with Crippen molar-refractivity contribution in [2.24, 2.45) is 4.99 Å². The second-order valence-corrected chi connectivity index (χ2v) is 6.27. The fourth-order valence-corrected chi connectivity index (χ4v) is 2.59. The average molecular weight is 506 g/mol. The molecule has 1 heterocycles. The predicted molar refractivity (Wildman–Crippen MR) is 124 cm³/mol. The molecule has 0 amide bonds. The summed E-state index contributed by atoms with van der Waals surface area (Å²) in [6.45, 7) is 3.38. The van der Waals surface area contributed by atoms with Crippen molar-refractivity contribution in [3.8, 4) is 11.6 Å². The minimum absolute atomic E-state index is 0. The standard InChI is InChI=1S/C22H23FN4O.HI/c1-16-5-3-4-6-18(16)15-27-22(24-2)26-14-17-7-12-21(25-13-17)28-20-10-8-19(23)9-11-20;/h3-13H,14-15H2,1-2H3,(H2,24,26,27);1H. The molecule has 2 N–H and O–H groups in total. The van der Waals surface area contributed by atoms with Crippen LogP contribution in [0, 0.1) is 12.7 Å². The van der Waals surface area contributed by atoms with Crippen LogP contribution in [0.2, 0.25) is 0 Å². The van der Waals surface area contributed by atoms with Gasteiger partial charge in [-0.3, -0.25) is 4.99 Å². The molecule has 7 heteroatoms. The van der Waals surface area contributed by atoms with Crippen LogP contribution >= 0.6 is 24.0 Å². The molecule has 0 aliphatic heterocycles. The van der Waals surface area contributed by atoms with E-state index >= 15 is 0 Å². The van der Waals surface area contributed by atoms with Crippen LogP contribution in [0.3, 0.4) is 0 Å². The molecule has 5 nitrogen and oxygen atoms in total. The first-order chi connectivity index (χ1) is 13.6. The van der Waals surface area contributed by atoms with E-state index in [2.05, 4.69) is 39.7 Å². The van der Waals surface area contributed by atoms with Crippen molar-refractivity contribution in [1.29, 1.82) is 0 Å². The van der Waals surface area contributed by atoms with Crippen molar-refractivity contribution < 1.29 is 9.13 Å². The molecule has 0 aliphatic rings. The molecule has 0 unspecified atom stereocenters. The topological polar surface area (TPSA) is 58.5 Å². The zero-order valence-electron chi connectivity index (χ0n) is 16.4. The van der Waals surface area contributed by atoms with Crippen molar-refractivity contribution in [3.63, 3.8) is 0 Å². The summed E-state index contributed by atoms with van der Waals surface area (Å²) in [7, 11) is 1.74. The molecule has 2 aromatic carbocycles. The molecule has 1 aromatic heterocycles. The predicted octanol–water partition coefficient (Wildman–Crippen LogP) is 4.80. The number of benzene rings is 2. The summed E-state index contributed by atoms with van der Waals surface area (Å²) in [5.41, 5.74) is 3.46. The Kier molecular flexibility index (Phi) is 8.85. The van der Waals surface area contributed by atoms with Crippen molar-refractivity contribution in [2.75, 3.05) is 7.05 Å². The number of pyridine rings is 1. The van der Waals surface area contributed by atoms with Gasteiger partial charge in [0.1, 0.15) is 11.6 Å². The van der Waals surface area contributed by atoms with Gasteiger partial charge in [-0.1, -0.05) is 30.3 Å². The molecule has 29 heavy (non-hydrogen) atoms. The molecule has 0 saturated heterocycles. The summed E-state index contributed by atoms with van der Waals surface area (Å²) in [4.78, 5) is 8.54. The number of rotatable bonds is 6. The van der Waals surface area contributed by atoms with Crippen molar-refractivity contribution in [2.45, 2.75) is 20.0 Å². The third-order valence-electron chi connectivity index (χ3n) is 4.22. The summed E-state index contributed by atoms with van der Waals surface area (Å²) in [5, 5.41) is 6.58. The lowest BCUT2D eigenvalue weighted by Crippen LogP contribution is -2.36. The van der Waals surface area contributed by atoms with Crippen LogP contribution in [0.15, 0.2) is 71.9 Å². The quantitative estimate of drug-likeness (QED) is 0.287. The third-order valence-corrected chi connectivity index (χ3v) is 4.22. The summed E-state index contributed by atoms with van der Waals surface area (Å²) < 4.78 is 18.5. The highest BCUT2D eigenvalue weighted by molar-refractivity contribution is 14.0. The Morgan fingerprint density at radius 3 is 2.38 bits per heavy atom. The van der Waals surface area contributed by atoms with Gasteiger partial charge in [-0.15, -0.1) is 24.0 Å². The van der Waals surface area contributed by atoms with Gasteiger partial charge in [0.05, 0.1) is 0 Å². The highest BCUT2D eigenvalue weighted by atomic mass is 127. The van der Waals surface area contributed by atoms with Gasteiger partial charge < -0.3 is 15.4 Å². The van der Waals surface area contributed by atoms with Crippen LogP contribution in [0.4, 0.5) is 4.39 Å². The van der Waals surface area contributed by atoms with E-state index < -0.39 is 0 Å². The van der Waals surface area contributed by atoms with Crippen LogP contribution in [-0.2, 0) is 13.1 Å². The maximum atomic E-state index is 12.9. The number of halogens is 2. The van der Waals surface area contributed by atoms with Gasteiger partial charge in [0, 0.05) is 32.4 Å². The minimum atomic E-state index is -0.300. The first-order valence-electron chi connectivity index (χ1n) is 9.01. The lowest BCUT2D eigenvalue weighted by Gasteiger charge is -2.13. The highest BCUT2D eigenvalue weighted by Crippen LogP contribution is 2.19. The van der Waals surface area contributed by atoms with Crippen LogP contribution in [-0.4, -0.2) is 18.0 Å². The second kappa shape index (κ2) is 11.4. The van der Waals surface area contributed by atoms with E-state index in [0.29, 0.717) is 24.7 Å². The number of aryl methyl sites for hydroxylation is 1. The molecule has 0 spiro atoms. The van der Waals surface area contributed by atoms with Crippen molar-refractivity contribution in [1.82, 2.24) is 15.6 Å². The fraction of sp³-hybridized carbons (Fsp3) is 0.182. The number of guanidine groups is 1. The number of ether oxygens (including phenoxy) is 1. The van der Waals surface area contributed by atoms with E-state index in [-0.39, 0.29) is 29.8 Å². The Balaban J connectivity index is 0.00000300. The van der Waals surface area contributed by atoms with E-state index in [9.17, 15) is 4.39 Å². The third kappa shape index (κ3) is 7.01. The van der Waals surface area contributed by atoms with Gasteiger partial charge in [0.15, 0.2) is 5.96 Å². The SMILES string of the molecule is CN=C(NCc1ccc(Oc2ccc(F)cc2)nc1)NCc1ccccc1C.I. The number of hydrogen-bond acceptors (Lipinski definition) is 3. The van der Waals surface area contributed by atoms with Crippen LogP contribution in [0.1, 0.15) is 16.7 Å². The highest BCUT2D eigenvalue weighted by Gasteiger charge is 2.03. The molecule has 0 aliphatic carbocycles. The van der Waals surface area contributed by atoms with Gasteiger partial charge >= 0.3 is 0 Å². The molecule has 0 bridgehead atoms. The maximum Gasteiger partial charge on any atom is 0.219 e. The van der Waals surface area contributed by atoms with Crippen molar-refractivity contribution in [3.05, 3.63) is 89.4 Å². The molecular formula is C22H24FIN4O. The van der Waals surface area contributed by atoms with Crippen LogP contribution < -0.4 is 15.4 Å². The molecule has 152 valence electrons. The molecular weight excluding hydrogens is 482 g/mol. The number of nitrogens with one attached hydrogen (secondary N) is 2. The van der Waals surface area contributed by atoms with Gasteiger partial charge in [-0.25, -0.2) is 9.37 Å². The zero-order chi connectivity index (χ0) is 19.8. The fourth-order valence-electron chi connectivity index (χ4n) is 2.59. The van der Waals surface area contributed by atoms with E-state index in [4.69, 9.17) is 4.74 Å². The van der Waals surface area contributed by atoms with E-state index in [1.165, 1.54) is 23.3 Å². The number of hydrogen-bond donors (Lipinski definition) is 2. The van der Waals surface area contributed by atoms with Gasteiger partial charge in [0.2, 0.25) is 5.88 Å². The number of aliphatic imine (C=N–C) groups is 1. The van der Waals surface area contributed by atoms with Crippen LogP contribution in [0.5, 0.6) is 11.6 Å². The van der Waals surface area contributed by atoms with Crippen LogP contribution in [0.25, 0.3) is 0 Å². The van der Waals surface area contributed by atoms with E-state index in [0.717, 1.165) is 11.5 Å². The van der Waals surface area contributed by atoms with Gasteiger partial charge in [-0.05, 0) is 47.9 Å². The van der Waals surface area contributed by atoms with E-state index in [1.807, 2.05) is 18.2 Å². The Bertz CT molecular complexity index is 930. The maximum absolute atomic E-state index is 12.9. The molecule has 3 rings (SSSR count). The zero-order valence-corrected chi connectivity index (χ0v) is 18.7. The minimum Gasteiger partial charge on any atom is -0.439 e. The second-order valence-electron chi connectivity index (χ2n) is 6.27. The normalized spacial score (nSPS) is 10.8. The lowest BCUT2D eigenvalue weighted by molar-refractivity contribution is 0.461. The monoisotopic (exact) mass is 506 g/mol. The number of nitrogens with zero attached hydrogens (tertiary/aromatic N) is 2. The molecule has 0 fully saturated rings. The van der Waals surface area contributed by atoms with E-state index in [1.54, 1.807) is 31.4 Å². The summed E-state index contributed by atoms with van der Waals surface area (Å²) >= 11 is 0. The molecule has 0 atom stereocenters. The Hall–Kier alpha value is -2.68. The number of aromatic nitrogens is 1. The van der Waals surface area contributed by atoms with Crippen molar-refractivity contribution >= 4 is 29.9 Å². The lowest BCUT2D eigenvalue weighted by atomic mass is 10.1. The molecule has 3 aromatic rings. The molecule has 0 radical (unpaired) electrons. The Labute approximate surface area is 187 Å². The van der Waals surface area contributed by atoms with Gasteiger partial charge in [-0.2, -0.15) is 0 Å².